The molecule has 0 unspecified atom stereocenters. The SMILES string of the molecule is COc1ccc2cc(C(=O)NC[C@H](O)c3cccc4ccccc34)[nH]c2c1. The number of hydrogen-bond acceptors (Lipinski definition) is 3. The average Bonchev–Trinajstić information content (AvgIpc) is 3.14. The zero-order valence-corrected chi connectivity index (χ0v) is 14.9. The summed E-state index contributed by atoms with van der Waals surface area (Å²) in [4.78, 5) is 15.6. The average molecular weight is 360 g/mol. The minimum Gasteiger partial charge on any atom is -0.497 e. The molecule has 0 bridgehead atoms. The monoisotopic (exact) mass is 360 g/mol. The Kier molecular flexibility index (Phi) is 4.52. The summed E-state index contributed by atoms with van der Waals surface area (Å²) < 4.78 is 5.20. The number of aromatic nitrogens is 1. The number of benzene rings is 3. The van der Waals surface area contributed by atoms with Gasteiger partial charge < -0.3 is 20.1 Å². The van der Waals surface area contributed by atoms with Crippen molar-refractivity contribution < 1.29 is 14.6 Å². The van der Waals surface area contributed by atoms with E-state index in [0.29, 0.717) is 5.69 Å². The summed E-state index contributed by atoms with van der Waals surface area (Å²) in [5.41, 5.74) is 2.08. The second kappa shape index (κ2) is 7.13. The minimum atomic E-state index is -0.787. The molecule has 1 atom stereocenters. The fraction of sp³-hybridized carbons (Fsp3) is 0.136. The van der Waals surface area contributed by atoms with Gasteiger partial charge >= 0.3 is 0 Å². The van der Waals surface area contributed by atoms with Gasteiger partial charge in [-0.2, -0.15) is 0 Å². The number of hydrogen-bond donors (Lipinski definition) is 3. The summed E-state index contributed by atoms with van der Waals surface area (Å²) in [6.45, 7) is 0.130. The van der Waals surface area contributed by atoms with E-state index in [0.717, 1.165) is 33.0 Å². The fourth-order valence-electron chi connectivity index (χ4n) is 3.29. The molecule has 5 nitrogen and oxygen atoms in total. The van der Waals surface area contributed by atoms with Gasteiger partial charge in [0.15, 0.2) is 0 Å². The molecular weight excluding hydrogens is 340 g/mol. The van der Waals surface area contributed by atoms with Crippen LogP contribution in [0.2, 0.25) is 0 Å². The molecule has 1 amide bonds. The molecule has 0 aliphatic heterocycles. The molecular formula is C22H20N2O3. The Balaban J connectivity index is 1.50. The van der Waals surface area contributed by atoms with Crippen molar-refractivity contribution in [3.8, 4) is 5.75 Å². The van der Waals surface area contributed by atoms with Crippen molar-refractivity contribution in [2.75, 3.05) is 13.7 Å². The predicted molar refractivity (Wildman–Crippen MR) is 106 cm³/mol. The minimum absolute atomic E-state index is 0.130. The zero-order chi connectivity index (χ0) is 18.8. The molecule has 3 aromatic carbocycles. The van der Waals surface area contributed by atoms with Gasteiger partial charge in [-0.25, -0.2) is 0 Å². The van der Waals surface area contributed by atoms with Crippen molar-refractivity contribution in [2.24, 2.45) is 0 Å². The number of aromatic amines is 1. The lowest BCUT2D eigenvalue weighted by atomic mass is 10.0. The lowest BCUT2D eigenvalue weighted by Crippen LogP contribution is -2.28. The van der Waals surface area contributed by atoms with Gasteiger partial charge in [-0.1, -0.05) is 42.5 Å². The first-order valence-electron chi connectivity index (χ1n) is 8.76. The number of fused-ring (bicyclic) bond motifs is 2. The molecule has 0 aliphatic rings. The smallest absolute Gasteiger partial charge is 0.267 e. The Bertz CT molecular complexity index is 1110. The van der Waals surface area contributed by atoms with E-state index in [4.69, 9.17) is 4.74 Å². The van der Waals surface area contributed by atoms with Crippen molar-refractivity contribution in [1.29, 1.82) is 0 Å². The Hall–Kier alpha value is -3.31. The Morgan fingerprint density at radius 1 is 1.07 bits per heavy atom. The molecule has 4 rings (SSSR count). The largest absolute Gasteiger partial charge is 0.497 e. The van der Waals surface area contributed by atoms with E-state index in [1.165, 1.54) is 0 Å². The topological polar surface area (TPSA) is 74.3 Å². The summed E-state index contributed by atoms with van der Waals surface area (Å²) in [7, 11) is 1.60. The first kappa shape index (κ1) is 17.1. The van der Waals surface area contributed by atoms with E-state index in [9.17, 15) is 9.90 Å². The first-order valence-corrected chi connectivity index (χ1v) is 8.76. The summed E-state index contributed by atoms with van der Waals surface area (Å²) in [6, 6.07) is 21.1. The third kappa shape index (κ3) is 3.37. The van der Waals surface area contributed by atoms with Gasteiger partial charge in [-0.05, 0) is 34.5 Å². The normalized spacial score (nSPS) is 12.2. The Morgan fingerprint density at radius 3 is 2.74 bits per heavy atom. The second-order valence-electron chi connectivity index (χ2n) is 6.43. The van der Waals surface area contributed by atoms with Gasteiger partial charge in [0.1, 0.15) is 11.4 Å². The molecule has 0 saturated carbocycles. The molecule has 0 spiro atoms. The molecule has 0 fully saturated rings. The first-order chi connectivity index (χ1) is 13.2. The number of amides is 1. The molecule has 0 aliphatic carbocycles. The maximum absolute atomic E-state index is 12.5. The fourth-order valence-corrected chi connectivity index (χ4v) is 3.29. The lowest BCUT2D eigenvalue weighted by Gasteiger charge is -2.14. The van der Waals surface area contributed by atoms with Crippen LogP contribution in [0.4, 0.5) is 0 Å². The van der Waals surface area contributed by atoms with Gasteiger partial charge in [-0.15, -0.1) is 0 Å². The van der Waals surface area contributed by atoms with Crippen LogP contribution in [0.1, 0.15) is 22.2 Å². The number of aliphatic hydroxyl groups excluding tert-OH is 1. The number of carbonyl (C=O) groups is 1. The molecule has 5 heteroatoms. The van der Waals surface area contributed by atoms with E-state index in [2.05, 4.69) is 10.3 Å². The van der Waals surface area contributed by atoms with Crippen LogP contribution in [0.5, 0.6) is 5.75 Å². The summed E-state index contributed by atoms with van der Waals surface area (Å²) in [5, 5.41) is 16.4. The maximum atomic E-state index is 12.5. The van der Waals surface area contributed by atoms with E-state index in [1.807, 2.05) is 60.7 Å². The van der Waals surface area contributed by atoms with Gasteiger partial charge in [0, 0.05) is 23.5 Å². The molecule has 4 aromatic rings. The molecule has 27 heavy (non-hydrogen) atoms. The maximum Gasteiger partial charge on any atom is 0.267 e. The molecule has 0 saturated heterocycles. The quantitative estimate of drug-likeness (QED) is 0.507. The van der Waals surface area contributed by atoms with E-state index in [-0.39, 0.29) is 12.5 Å². The molecule has 1 heterocycles. The summed E-state index contributed by atoms with van der Waals surface area (Å²) in [6.07, 6.45) is -0.787. The van der Waals surface area contributed by atoms with Crippen LogP contribution in [0.25, 0.3) is 21.7 Å². The third-order valence-corrected chi connectivity index (χ3v) is 4.71. The van der Waals surface area contributed by atoms with Crippen LogP contribution in [-0.4, -0.2) is 29.7 Å². The summed E-state index contributed by atoms with van der Waals surface area (Å²) >= 11 is 0. The number of ether oxygens (including phenoxy) is 1. The van der Waals surface area contributed by atoms with Crippen LogP contribution in [-0.2, 0) is 0 Å². The van der Waals surface area contributed by atoms with Crippen LogP contribution in [0.3, 0.4) is 0 Å². The van der Waals surface area contributed by atoms with Crippen molar-refractivity contribution in [3.05, 3.63) is 78.0 Å². The lowest BCUT2D eigenvalue weighted by molar-refractivity contribution is 0.0913. The highest BCUT2D eigenvalue weighted by atomic mass is 16.5. The van der Waals surface area contributed by atoms with Gasteiger partial charge in [0.25, 0.3) is 5.91 Å². The van der Waals surface area contributed by atoms with Gasteiger partial charge in [-0.3, -0.25) is 4.79 Å². The predicted octanol–water partition coefficient (Wildman–Crippen LogP) is 3.79. The highest BCUT2D eigenvalue weighted by Crippen LogP contribution is 2.24. The number of nitrogens with one attached hydrogen (secondary N) is 2. The number of carbonyl (C=O) groups excluding carboxylic acids is 1. The zero-order valence-electron chi connectivity index (χ0n) is 14.9. The molecule has 3 N–H and O–H groups in total. The number of H-pyrrole nitrogens is 1. The second-order valence-corrected chi connectivity index (χ2v) is 6.43. The molecule has 1 aromatic heterocycles. The molecule has 0 radical (unpaired) electrons. The van der Waals surface area contributed by atoms with Crippen molar-refractivity contribution >= 4 is 27.6 Å². The van der Waals surface area contributed by atoms with Crippen LogP contribution < -0.4 is 10.1 Å². The van der Waals surface area contributed by atoms with E-state index >= 15 is 0 Å². The molecule has 136 valence electrons. The van der Waals surface area contributed by atoms with Crippen LogP contribution in [0.15, 0.2) is 66.7 Å². The van der Waals surface area contributed by atoms with Crippen molar-refractivity contribution in [2.45, 2.75) is 6.10 Å². The van der Waals surface area contributed by atoms with Gasteiger partial charge in [0.2, 0.25) is 0 Å². The standard InChI is InChI=1S/C22H20N2O3/c1-27-16-10-9-15-11-20(24-19(15)12-16)22(26)23-13-21(25)18-8-4-6-14-5-2-3-7-17(14)18/h2-12,21,24-25H,13H2,1H3,(H,23,26)/t21-/m0/s1. The number of methoxy groups -OCH3 is 1. The van der Waals surface area contributed by atoms with Crippen LogP contribution >= 0.6 is 0 Å². The third-order valence-electron chi connectivity index (χ3n) is 4.71. The Labute approximate surface area is 156 Å². The highest BCUT2D eigenvalue weighted by molar-refractivity contribution is 5.98. The number of rotatable bonds is 5. The summed E-state index contributed by atoms with van der Waals surface area (Å²) in [5.74, 6) is 0.465. The number of aliphatic hydroxyl groups is 1. The van der Waals surface area contributed by atoms with Gasteiger partial charge in [0.05, 0.1) is 13.2 Å². The highest BCUT2D eigenvalue weighted by Gasteiger charge is 2.15. The van der Waals surface area contributed by atoms with Crippen molar-refractivity contribution in [3.63, 3.8) is 0 Å². The van der Waals surface area contributed by atoms with Crippen molar-refractivity contribution in [1.82, 2.24) is 10.3 Å². The van der Waals surface area contributed by atoms with E-state index in [1.54, 1.807) is 13.2 Å². The Morgan fingerprint density at radius 2 is 1.89 bits per heavy atom. The van der Waals surface area contributed by atoms with Crippen LogP contribution in [0, 0.1) is 0 Å². The van der Waals surface area contributed by atoms with E-state index < -0.39 is 6.10 Å².